The van der Waals surface area contributed by atoms with E-state index in [1.807, 2.05) is 0 Å². The molecule has 7 heteroatoms. The highest BCUT2D eigenvalue weighted by Crippen LogP contribution is 2.06. The average molecular weight is 215 g/mol. The second-order valence-electron chi connectivity index (χ2n) is 2.82. The third kappa shape index (κ3) is 2.05. The molecule has 0 saturated carbocycles. The van der Waals surface area contributed by atoms with Crippen LogP contribution in [0.5, 0.6) is 0 Å². The SMILES string of the molecule is Cc1cnc(S(C)(=O)=O)nc1C(N)=O. The minimum atomic E-state index is -3.51. The van der Waals surface area contributed by atoms with Crippen molar-refractivity contribution in [2.24, 2.45) is 5.73 Å². The number of carbonyl (C=O) groups is 1. The van der Waals surface area contributed by atoms with Crippen molar-refractivity contribution < 1.29 is 13.2 Å². The van der Waals surface area contributed by atoms with Gasteiger partial charge < -0.3 is 5.73 Å². The lowest BCUT2D eigenvalue weighted by Crippen LogP contribution is -2.17. The number of primary amides is 1. The first-order chi connectivity index (χ1) is 6.32. The van der Waals surface area contributed by atoms with Crippen LogP contribution in [0.1, 0.15) is 16.1 Å². The molecule has 0 aliphatic rings. The van der Waals surface area contributed by atoms with Crippen LogP contribution in [0.15, 0.2) is 11.4 Å². The molecule has 0 unspecified atom stereocenters. The van der Waals surface area contributed by atoms with E-state index in [0.717, 1.165) is 6.26 Å². The number of hydrogen-bond donors (Lipinski definition) is 1. The molecule has 0 aliphatic heterocycles. The fourth-order valence-electron chi connectivity index (χ4n) is 0.854. The van der Waals surface area contributed by atoms with Crippen LogP contribution in [0.25, 0.3) is 0 Å². The molecule has 0 spiro atoms. The molecule has 0 bridgehead atoms. The van der Waals surface area contributed by atoms with E-state index >= 15 is 0 Å². The van der Waals surface area contributed by atoms with E-state index in [1.165, 1.54) is 6.20 Å². The largest absolute Gasteiger partial charge is 0.364 e. The number of amides is 1. The Morgan fingerprint density at radius 2 is 2.07 bits per heavy atom. The molecular formula is C7H9N3O3S. The van der Waals surface area contributed by atoms with Crippen molar-refractivity contribution in [3.05, 3.63) is 17.5 Å². The van der Waals surface area contributed by atoms with Gasteiger partial charge in [0.1, 0.15) is 5.69 Å². The van der Waals surface area contributed by atoms with Gasteiger partial charge in [-0.15, -0.1) is 0 Å². The molecule has 0 radical (unpaired) electrons. The third-order valence-electron chi connectivity index (χ3n) is 1.51. The number of nitrogens with two attached hydrogens (primary N) is 1. The van der Waals surface area contributed by atoms with Gasteiger partial charge in [-0.1, -0.05) is 0 Å². The summed E-state index contributed by atoms with van der Waals surface area (Å²) >= 11 is 0. The van der Waals surface area contributed by atoms with Gasteiger partial charge in [-0.25, -0.2) is 18.4 Å². The number of carbonyl (C=O) groups excluding carboxylic acids is 1. The quantitative estimate of drug-likeness (QED) is 0.656. The van der Waals surface area contributed by atoms with E-state index in [4.69, 9.17) is 5.73 Å². The molecule has 1 rings (SSSR count). The Morgan fingerprint density at radius 3 is 2.50 bits per heavy atom. The lowest BCUT2D eigenvalue weighted by atomic mass is 10.2. The van der Waals surface area contributed by atoms with Crippen molar-refractivity contribution in [3.8, 4) is 0 Å². The van der Waals surface area contributed by atoms with Crippen molar-refractivity contribution in [1.29, 1.82) is 0 Å². The molecule has 1 heterocycles. The zero-order valence-electron chi connectivity index (χ0n) is 7.68. The van der Waals surface area contributed by atoms with E-state index in [-0.39, 0.29) is 5.69 Å². The number of nitrogens with zero attached hydrogens (tertiary/aromatic N) is 2. The summed E-state index contributed by atoms with van der Waals surface area (Å²) in [6.07, 6.45) is 2.21. The van der Waals surface area contributed by atoms with Gasteiger partial charge in [0.15, 0.2) is 0 Å². The van der Waals surface area contributed by atoms with Gasteiger partial charge in [0.25, 0.3) is 5.91 Å². The summed E-state index contributed by atoms with van der Waals surface area (Å²) in [6.45, 7) is 1.58. The van der Waals surface area contributed by atoms with Crippen molar-refractivity contribution >= 4 is 15.7 Å². The fourth-order valence-corrected chi connectivity index (χ4v) is 1.36. The average Bonchev–Trinajstić information content (AvgIpc) is 2.02. The molecule has 0 aromatic carbocycles. The molecule has 0 atom stereocenters. The van der Waals surface area contributed by atoms with Crippen LogP contribution in [0, 0.1) is 6.92 Å². The standard InChI is InChI=1S/C7H9N3O3S/c1-4-3-9-7(14(2,12)13)10-5(4)6(8)11/h3H,1-2H3,(H2,8,11). The van der Waals surface area contributed by atoms with Crippen molar-refractivity contribution in [3.63, 3.8) is 0 Å². The Bertz CT molecular complexity index is 481. The molecule has 6 nitrogen and oxygen atoms in total. The molecule has 1 aromatic heterocycles. The second kappa shape index (κ2) is 3.33. The summed E-state index contributed by atoms with van der Waals surface area (Å²) in [6, 6.07) is 0. The number of hydrogen-bond acceptors (Lipinski definition) is 5. The minimum absolute atomic E-state index is 0.0691. The Labute approximate surface area is 81.1 Å². The van der Waals surface area contributed by atoms with Crippen LogP contribution in [-0.4, -0.2) is 30.5 Å². The first kappa shape index (κ1) is 10.6. The smallest absolute Gasteiger partial charge is 0.267 e. The highest BCUT2D eigenvalue weighted by atomic mass is 32.2. The molecule has 0 aliphatic carbocycles. The highest BCUT2D eigenvalue weighted by molar-refractivity contribution is 7.90. The topological polar surface area (TPSA) is 103 Å². The van der Waals surface area contributed by atoms with E-state index in [0.29, 0.717) is 5.56 Å². The van der Waals surface area contributed by atoms with Crippen LogP contribution in [0.4, 0.5) is 0 Å². The predicted octanol–water partition coefficient (Wildman–Crippen LogP) is -0.713. The summed E-state index contributed by atoms with van der Waals surface area (Å²) < 4.78 is 22.1. The van der Waals surface area contributed by atoms with Gasteiger partial charge in [-0.2, -0.15) is 0 Å². The molecule has 2 N–H and O–H groups in total. The van der Waals surface area contributed by atoms with E-state index in [2.05, 4.69) is 9.97 Å². The number of aromatic nitrogens is 2. The maximum atomic E-state index is 11.0. The van der Waals surface area contributed by atoms with E-state index in [9.17, 15) is 13.2 Å². The zero-order chi connectivity index (χ0) is 10.9. The first-order valence-electron chi connectivity index (χ1n) is 3.66. The monoisotopic (exact) mass is 215 g/mol. The lowest BCUT2D eigenvalue weighted by molar-refractivity contribution is 0.0994. The summed E-state index contributed by atoms with van der Waals surface area (Å²) in [5.74, 6) is -0.769. The number of aryl methyl sites for hydroxylation is 1. The maximum Gasteiger partial charge on any atom is 0.267 e. The van der Waals surface area contributed by atoms with Gasteiger partial charge in [0.2, 0.25) is 15.0 Å². The molecule has 0 saturated heterocycles. The Morgan fingerprint density at radius 1 is 1.50 bits per heavy atom. The van der Waals surface area contributed by atoms with Gasteiger partial charge >= 0.3 is 0 Å². The van der Waals surface area contributed by atoms with Crippen LogP contribution in [0.3, 0.4) is 0 Å². The lowest BCUT2D eigenvalue weighted by Gasteiger charge is -2.01. The van der Waals surface area contributed by atoms with Crippen molar-refractivity contribution in [2.75, 3.05) is 6.26 Å². The Kier molecular flexibility index (Phi) is 2.52. The normalized spacial score (nSPS) is 11.3. The summed E-state index contributed by atoms with van der Waals surface area (Å²) in [5.41, 5.74) is 5.38. The first-order valence-corrected chi connectivity index (χ1v) is 5.55. The van der Waals surface area contributed by atoms with Crippen molar-refractivity contribution in [2.45, 2.75) is 12.1 Å². The molecule has 76 valence electrons. The van der Waals surface area contributed by atoms with Gasteiger partial charge in [-0.05, 0) is 12.5 Å². The van der Waals surface area contributed by atoms with Gasteiger partial charge in [0, 0.05) is 12.5 Å². The van der Waals surface area contributed by atoms with E-state index < -0.39 is 20.9 Å². The minimum Gasteiger partial charge on any atom is -0.364 e. The third-order valence-corrected chi connectivity index (χ3v) is 2.37. The number of rotatable bonds is 2. The van der Waals surface area contributed by atoms with Crippen molar-refractivity contribution in [1.82, 2.24) is 9.97 Å². The molecule has 0 fully saturated rings. The van der Waals surface area contributed by atoms with Crippen LogP contribution < -0.4 is 5.73 Å². The van der Waals surface area contributed by atoms with Crippen LogP contribution >= 0.6 is 0 Å². The van der Waals surface area contributed by atoms with Crippen LogP contribution in [0.2, 0.25) is 0 Å². The highest BCUT2D eigenvalue weighted by Gasteiger charge is 2.15. The molecule has 1 amide bonds. The second-order valence-corrected chi connectivity index (χ2v) is 4.73. The number of sulfone groups is 1. The molecule has 1 aromatic rings. The van der Waals surface area contributed by atoms with Gasteiger partial charge in [0.05, 0.1) is 0 Å². The zero-order valence-corrected chi connectivity index (χ0v) is 8.50. The predicted molar refractivity (Wildman–Crippen MR) is 48.4 cm³/mol. The summed E-state index contributed by atoms with van der Waals surface area (Å²) in [5, 5.41) is -0.392. The molecule has 14 heavy (non-hydrogen) atoms. The Balaban J connectivity index is 3.42. The summed E-state index contributed by atoms with van der Waals surface area (Å²) in [7, 11) is -3.51. The van der Waals surface area contributed by atoms with E-state index in [1.54, 1.807) is 6.92 Å². The Hall–Kier alpha value is -1.50. The molecular weight excluding hydrogens is 206 g/mol. The summed E-state index contributed by atoms with van der Waals surface area (Å²) in [4.78, 5) is 18.0. The maximum absolute atomic E-state index is 11.0. The van der Waals surface area contributed by atoms with Gasteiger partial charge in [-0.3, -0.25) is 4.79 Å². The van der Waals surface area contributed by atoms with Crippen LogP contribution in [-0.2, 0) is 9.84 Å². The fraction of sp³-hybridized carbons (Fsp3) is 0.286.